The number of nitrogens with one attached hydrogen (secondary N) is 1. The summed E-state index contributed by atoms with van der Waals surface area (Å²) >= 11 is 1.70. The number of benzene rings is 1. The van der Waals surface area contributed by atoms with Gasteiger partial charge in [-0.25, -0.2) is 0 Å². The molecule has 19 heavy (non-hydrogen) atoms. The molecular weight excluding hydrogens is 258 g/mol. The van der Waals surface area contributed by atoms with Crippen molar-refractivity contribution in [3.05, 3.63) is 52.2 Å². The van der Waals surface area contributed by atoms with Gasteiger partial charge in [-0.05, 0) is 35.6 Å². The van der Waals surface area contributed by atoms with E-state index in [9.17, 15) is 10.2 Å². The number of thiophene rings is 1. The lowest BCUT2D eigenvalue weighted by atomic mass is 9.88. The van der Waals surface area contributed by atoms with Gasteiger partial charge in [-0.2, -0.15) is 0 Å². The first-order valence-electron chi connectivity index (χ1n) is 6.38. The van der Waals surface area contributed by atoms with E-state index in [1.807, 2.05) is 30.5 Å². The zero-order valence-corrected chi connectivity index (χ0v) is 11.8. The molecule has 3 N–H and O–H groups in total. The second-order valence-corrected chi connectivity index (χ2v) is 5.61. The van der Waals surface area contributed by atoms with Gasteiger partial charge in [-0.3, -0.25) is 0 Å². The molecule has 3 nitrogen and oxygen atoms in total. The summed E-state index contributed by atoms with van der Waals surface area (Å²) in [4.78, 5) is 1.24. The molecule has 0 aliphatic rings. The van der Waals surface area contributed by atoms with Crippen molar-refractivity contribution in [1.82, 2.24) is 5.32 Å². The third kappa shape index (κ3) is 3.15. The summed E-state index contributed by atoms with van der Waals surface area (Å²) in [5.74, 6) is 0.241. The molecule has 0 aliphatic heterocycles. The highest BCUT2D eigenvalue weighted by molar-refractivity contribution is 7.09. The first-order chi connectivity index (χ1) is 9.20. The number of phenols is 1. The van der Waals surface area contributed by atoms with Gasteiger partial charge in [0.15, 0.2) is 0 Å². The van der Waals surface area contributed by atoms with Crippen LogP contribution < -0.4 is 5.32 Å². The van der Waals surface area contributed by atoms with Crippen LogP contribution in [0, 0.1) is 0 Å². The van der Waals surface area contributed by atoms with E-state index < -0.39 is 5.54 Å². The Labute approximate surface area is 117 Å². The minimum absolute atomic E-state index is 0.0274. The molecule has 102 valence electrons. The van der Waals surface area contributed by atoms with Crippen LogP contribution in [0.2, 0.25) is 0 Å². The van der Waals surface area contributed by atoms with E-state index in [0.717, 1.165) is 18.5 Å². The zero-order valence-electron chi connectivity index (χ0n) is 11.0. The summed E-state index contributed by atoms with van der Waals surface area (Å²) in [5, 5.41) is 24.7. The number of hydrogen-bond donors (Lipinski definition) is 3. The molecule has 1 aromatic heterocycles. The van der Waals surface area contributed by atoms with E-state index in [1.54, 1.807) is 23.5 Å². The van der Waals surface area contributed by atoms with Crippen LogP contribution in [0.25, 0.3) is 0 Å². The average Bonchev–Trinajstić information content (AvgIpc) is 2.95. The topological polar surface area (TPSA) is 52.5 Å². The molecule has 0 bridgehead atoms. The van der Waals surface area contributed by atoms with E-state index in [0.29, 0.717) is 0 Å². The first kappa shape index (κ1) is 14.1. The van der Waals surface area contributed by atoms with E-state index >= 15 is 0 Å². The SMILES string of the molecule is CCC(CO)(NCc1cccs1)c1ccc(O)cc1. The Morgan fingerprint density at radius 1 is 1.21 bits per heavy atom. The average molecular weight is 277 g/mol. The smallest absolute Gasteiger partial charge is 0.115 e. The van der Waals surface area contributed by atoms with E-state index in [2.05, 4.69) is 11.4 Å². The fourth-order valence-corrected chi connectivity index (χ4v) is 2.78. The third-order valence-corrected chi connectivity index (χ3v) is 4.35. The fraction of sp³-hybridized carbons (Fsp3) is 0.333. The van der Waals surface area contributed by atoms with Gasteiger partial charge in [-0.1, -0.05) is 25.1 Å². The summed E-state index contributed by atoms with van der Waals surface area (Å²) < 4.78 is 0. The molecule has 2 rings (SSSR count). The van der Waals surface area contributed by atoms with Gasteiger partial charge in [0.2, 0.25) is 0 Å². The van der Waals surface area contributed by atoms with Crippen molar-refractivity contribution in [1.29, 1.82) is 0 Å². The molecule has 1 aromatic carbocycles. The highest BCUT2D eigenvalue weighted by Crippen LogP contribution is 2.27. The van der Waals surface area contributed by atoms with Gasteiger partial charge in [0.05, 0.1) is 12.1 Å². The second kappa shape index (κ2) is 6.19. The molecular formula is C15H19NO2S. The summed E-state index contributed by atoms with van der Waals surface area (Å²) in [5.41, 5.74) is 0.532. The Kier molecular flexibility index (Phi) is 4.58. The summed E-state index contributed by atoms with van der Waals surface area (Å²) in [7, 11) is 0. The van der Waals surface area contributed by atoms with Crippen LogP contribution in [0.4, 0.5) is 0 Å². The normalized spacial score (nSPS) is 14.2. The maximum absolute atomic E-state index is 9.81. The van der Waals surface area contributed by atoms with Gasteiger partial charge >= 0.3 is 0 Å². The third-order valence-electron chi connectivity index (χ3n) is 3.47. The van der Waals surface area contributed by atoms with Crippen LogP contribution in [0.1, 0.15) is 23.8 Å². The Morgan fingerprint density at radius 3 is 2.47 bits per heavy atom. The van der Waals surface area contributed by atoms with Crippen LogP contribution in [0.3, 0.4) is 0 Å². The number of aromatic hydroxyl groups is 1. The maximum Gasteiger partial charge on any atom is 0.115 e. The first-order valence-corrected chi connectivity index (χ1v) is 7.26. The largest absolute Gasteiger partial charge is 0.508 e. The van der Waals surface area contributed by atoms with E-state index in [1.165, 1.54) is 4.88 Å². The summed E-state index contributed by atoms with van der Waals surface area (Å²) in [6.07, 6.45) is 0.777. The summed E-state index contributed by atoms with van der Waals surface area (Å²) in [6.45, 7) is 2.80. The highest BCUT2D eigenvalue weighted by atomic mass is 32.1. The Bertz CT molecular complexity index is 489. The zero-order chi connectivity index (χ0) is 13.7. The molecule has 0 fully saturated rings. The van der Waals surface area contributed by atoms with E-state index in [-0.39, 0.29) is 12.4 Å². The van der Waals surface area contributed by atoms with Crippen molar-refractivity contribution in [2.45, 2.75) is 25.4 Å². The molecule has 0 amide bonds. The quantitative estimate of drug-likeness (QED) is 0.761. The molecule has 1 atom stereocenters. The molecule has 4 heteroatoms. The molecule has 0 saturated carbocycles. The van der Waals surface area contributed by atoms with Gasteiger partial charge < -0.3 is 15.5 Å². The van der Waals surface area contributed by atoms with Crippen LogP contribution in [0.15, 0.2) is 41.8 Å². The van der Waals surface area contributed by atoms with Crippen molar-refractivity contribution >= 4 is 11.3 Å². The van der Waals surface area contributed by atoms with Gasteiger partial charge in [0.25, 0.3) is 0 Å². The van der Waals surface area contributed by atoms with Crippen molar-refractivity contribution in [2.75, 3.05) is 6.61 Å². The Balaban J connectivity index is 2.19. The predicted octanol–water partition coefficient (Wildman–Crippen LogP) is 2.84. The molecule has 1 unspecified atom stereocenters. The lowest BCUT2D eigenvalue weighted by molar-refractivity contribution is 0.154. The number of hydrogen-bond acceptors (Lipinski definition) is 4. The van der Waals surface area contributed by atoms with Crippen molar-refractivity contribution in [3.63, 3.8) is 0 Å². The predicted molar refractivity (Wildman–Crippen MR) is 78.3 cm³/mol. The van der Waals surface area contributed by atoms with E-state index in [4.69, 9.17) is 0 Å². The molecule has 0 aliphatic carbocycles. The Hall–Kier alpha value is -1.36. The molecule has 0 spiro atoms. The molecule has 0 saturated heterocycles. The Morgan fingerprint density at radius 2 is 1.95 bits per heavy atom. The summed E-state index contributed by atoms with van der Waals surface area (Å²) in [6, 6.07) is 11.1. The van der Waals surface area contributed by atoms with Gasteiger partial charge in [-0.15, -0.1) is 11.3 Å². The number of rotatable bonds is 6. The minimum Gasteiger partial charge on any atom is -0.508 e. The van der Waals surface area contributed by atoms with Crippen molar-refractivity contribution < 1.29 is 10.2 Å². The monoisotopic (exact) mass is 277 g/mol. The van der Waals surface area contributed by atoms with Crippen LogP contribution in [0.5, 0.6) is 5.75 Å². The van der Waals surface area contributed by atoms with Crippen molar-refractivity contribution in [3.8, 4) is 5.75 Å². The van der Waals surface area contributed by atoms with Crippen molar-refractivity contribution in [2.24, 2.45) is 0 Å². The molecule has 0 radical (unpaired) electrons. The number of aliphatic hydroxyl groups is 1. The minimum atomic E-state index is -0.461. The fourth-order valence-electron chi connectivity index (χ4n) is 2.14. The number of phenolic OH excluding ortho intramolecular Hbond substituents is 1. The van der Waals surface area contributed by atoms with Gasteiger partial charge in [0, 0.05) is 11.4 Å². The lowest BCUT2D eigenvalue weighted by Crippen LogP contribution is -2.44. The van der Waals surface area contributed by atoms with Crippen LogP contribution >= 0.6 is 11.3 Å². The maximum atomic E-state index is 9.81. The van der Waals surface area contributed by atoms with Crippen LogP contribution in [-0.2, 0) is 12.1 Å². The number of aliphatic hydroxyl groups excluding tert-OH is 1. The van der Waals surface area contributed by atoms with Crippen LogP contribution in [-0.4, -0.2) is 16.8 Å². The standard InChI is InChI=1S/C15H19NO2S/c1-2-15(11-17,12-5-7-13(18)8-6-12)16-10-14-4-3-9-19-14/h3-9,16-18H,2,10-11H2,1H3. The lowest BCUT2D eigenvalue weighted by Gasteiger charge is -2.32. The highest BCUT2D eigenvalue weighted by Gasteiger charge is 2.29. The molecule has 1 heterocycles. The second-order valence-electron chi connectivity index (χ2n) is 4.57. The molecule has 2 aromatic rings. The van der Waals surface area contributed by atoms with Gasteiger partial charge in [0.1, 0.15) is 5.75 Å².